The molecule has 1 aromatic carbocycles. The van der Waals surface area contributed by atoms with E-state index in [1.807, 2.05) is 31.3 Å². The highest BCUT2D eigenvalue weighted by Gasteiger charge is 2.10. The van der Waals surface area contributed by atoms with Crippen molar-refractivity contribution in [3.05, 3.63) is 29.3 Å². The highest BCUT2D eigenvalue weighted by Crippen LogP contribution is 2.27. The van der Waals surface area contributed by atoms with Gasteiger partial charge in [-0.2, -0.15) is 0 Å². The van der Waals surface area contributed by atoms with Crippen LogP contribution in [0.4, 0.5) is 0 Å². The van der Waals surface area contributed by atoms with E-state index in [2.05, 4.69) is 5.32 Å². The van der Waals surface area contributed by atoms with Crippen molar-refractivity contribution < 1.29 is 8.42 Å². The first-order chi connectivity index (χ1) is 8.92. The van der Waals surface area contributed by atoms with Crippen molar-refractivity contribution in [2.45, 2.75) is 23.8 Å². The molecule has 0 aliphatic rings. The summed E-state index contributed by atoms with van der Waals surface area (Å²) < 4.78 is 22.2. The van der Waals surface area contributed by atoms with Gasteiger partial charge >= 0.3 is 0 Å². The molecular formula is C13H20ClNO2S2. The van der Waals surface area contributed by atoms with Crippen LogP contribution in [0, 0.1) is 0 Å². The molecular weight excluding hydrogens is 302 g/mol. The molecule has 19 heavy (non-hydrogen) atoms. The Morgan fingerprint density at radius 2 is 2.05 bits per heavy atom. The second kappa shape index (κ2) is 8.15. The third-order valence-electron chi connectivity index (χ3n) is 2.75. The number of sulfone groups is 1. The number of nitrogens with one attached hydrogen (secondary N) is 1. The fraction of sp³-hybridized carbons (Fsp3) is 0.538. The molecule has 0 amide bonds. The summed E-state index contributed by atoms with van der Waals surface area (Å²) in [5.41, 5.74) is 0. The van der Waals surface area contributed by atoms with Crippen LogP contribution in [0.15, 0.2) is 29.2 Å². The number of halogens is 1. The minimum atomic E-state index is -2.86. The van der Waals surface area contributed by atoms with E-state index in [1.54, 1.807) is 11.8 Å². The minimum absolute atomic E-state index is 0.252. The summed E-state index contributed by atoms with van der Waals surface area (Å²) in [5, 5.41) is 3.98. The molecule has 1 atom stereocenters. The highest BCUT2D eigenvalue weighted by atomic mass is 35.5. The van der Waals surface area contributed by atoms with Crippen LogP contribution in [-0.4, -0.2) is 39.3 Å². The van der Waals surface area contributed by atoms with Crippen LogP contribution in [0.3, 0.4) is 0 Å². The zero-order chi connectivity index (χ0) is 14.3. The van der Waals surface area contributed by atoms with Gasteiger partial charge in [-0.15, -0.1) is 11.8 Å². The molecule has 108 valence electrons. The van der Waals surface area contributed by atoms with Gasteiger partial charge in [-0.1, -0.05) is 23.7 Å². The Morgan fingerprint density at radius 3 is 2.63 bits per heavy atom. The zero-order valence-corrected chi connectivity index (χ0v) is 13.6. The van der Waals surface area contributed by atoms with Crippen molar-refractivity contribution in [2.24, 2.45) is 0 Å². The molecule has 0 saturated carbocycles. The first-order valence-corrected chi connectivity index (χ1v) is 9.57. The second-order valence-corrected chi connectivity index (χ2v) is 8.23. The lowest BCUT2D eigenvalue weighted by Gasteiger charge is -2.15. The molecule has 0 fully saturated rings. The lowest BCUT2D eigenvalue weighted by atomic mass is 10.2. The van der Waals surface area contributed by atoms with E-state index < -0.39 is 9.84 Å². The van der Waals surface area contributed by atoms with Crippen molar-refractivity contribution in [3.8, 4) is 0 Å². The molecule has 0 heterocycles. The van der Waals surface area contributed by atoms with E-state index in [0.29, 0.717) is 12.5 Å². The van der Waals surface area contributed by atoms with Gasteiger partial charge in [0.2, 0.25) is 0 Å². The van der Waals surface area contributed by atoms with Crippen LogP contribution >= 0.6 is 23.4 Å². The van der Waals surface area contributed by atoms with E-state index in [1.165, 1.54) is 6.26 Å². The summed E-state index contributed by atoms with van der Waals surface area (Å²) in [6.07, 6.45) is 2.81. The fourth-order valence-electron chi connectivity index (χ4n) is 1.66. The maximum atomic E-state index is 11.1. The summed E-state index contributed by atoms with van der Waals surface area (Å²) in [7, 11) is -0.956. The maximum Gasteiger partial charge on any atom is 0.147 e. The standard InChI is InChI=1S/C13H20ClNO2S2/c1-15-11(6-5-9-19(2,16)17)10-18-13-8-4-3-7-12(13)14/h3-4,7-8,11,15H,5-6,9-10H2,1-2H3. The van der Waals surface area contributed by atoms with Crippen molar-refractivity contribution in [3.63, 3.8) is 0 Å². The smallest absolute Gasteiger partial charge is 0.147 e. The average molecular weight is 322 g/mol. The van der Waals surface area contributed by atoms with Gasteiger partial charge in [0.1, 0.15) is 9.84 Å². The van der Waals surface area contributed by atoms with Crippen LogP contribution in [0.25, 0.3) is 0 Å². The number of hydrogen-bond acceptors (Lipinski definition) is 4. The van der Waals surface area contributed by atoms with Gasteiger partial charge in [0, 0.05) is 28.7 Å². The van der Waals surface area contributed by atoms with E-state index in [0.717, 1.165) is 22.1 Å². The first-order valence-electron chi connectivity index (χ1n) is 6.14. The lowest BCUT2D eigenvalue weighted by Crippen LogP contribution is -2.28. The average Bonchev–Trinajstić information content (AvgIpc) is 2.34. The van der Waals surface area contributed by atoms with Crippen molar-refractivity contribution in [2.75, 3.05) is 24.8 Å². The van der Waals surface area contributed by atoms with Gasteiger partial charge < -0.3 is 5.32 Å². The van der Waals surface area contributed by atoms with Crippen LogP contribution in [0.5, 0.6) is 0 Å². The SMILES string of the molecule is CNC(CCCS(C)(=O)=O)CSc1ccccc1Cl. The Balaban J connectivity index is 2.39. The summed E-state index contributed by atoms with van der Waals surface area (Å²) in [4.78, 5) is 1.06. The van der Waals surface area contributed by atoms with Crippen LogP contribution in [0.1, 0.15) is 12.8 Å². The van der Waals surface area contributed by atoms with Gasteiger partial charge in [0.05, 0.1) is 5.02 Å². The summed E-state index contributed by atoms with van der Waals surface area (Å²) in [6.45, 7) is 0. The van der Waals surface area contributed by atoms with E-state index in [9.17, 15) is 8.42 Å². The molecule has 0 radical (unpaired) electrons. The third-order valence-corrected chi connectivity index (χ3v) is 5.46. The second-order valence-electron chi connectivity index (χ2n) is 4.50. The fourth-order valence-corrected chi connectivity index (χ4v) is 3.74. The zero-order valence-electron chi connectivity index (χ0n) is 11.2. The van der Waals surface area contributed by atoms with Gasteiger partial charge in [0.15, 0.2) is 0 Å². The first kappa shape index (κ1) is 16.8. The predicted octanol–water partition coefficient (Wildman–Crippen LogP) is 2.84. The van der Waals surface area contributed by atoms with Gasteiger partial charge in [-0.05, 0) is 32.0 Å². The molecule has 0 spiro atoms. The molecule has 6 heteroatoms. The molecule has 1 rings (SSSR count). The largest absolute Gasteiger partial charge is 0.316 e. The molecule has 1 aromatic rings. The number of rotatable bonds is 8. The van der Waals surface area contributed by atoms with E-state index >= 15 is 0 Å². The Bertz CT molecular complexity index is 491. The molecule has 0 bridgehead atoms. The lowest BCUT2D eigenvalue weighted by molar-refractivity contribution is 0.556. The van der Waals surface area contributed by atoms with Crippen molar-refractivity contribution in [1.82, 2.24) is 5.32 Å². The molecule has 1 unspecified atom stereocenters. The molecule has 0 aliphatic carbocycles. The molecule has 0 saturated heterocycles. The Morgan fingerprint density at radius 1 is 1.37 bits per heavy atom. The van der Waals surface area contributed by atoms with Gasteiger partial charge in [-0.3, -0.25) is 0 Å². The minimum Gasteiger partial charge on any atom is -0.316 e. The summed E-state index contributed by atoms with van der Waals surface area (Å²) in [6, 6.07) is 8.04. The predicted molar refractivity (Wildman–Crippen MR) is 84.0 cm³/mol. The Kier molecular flexibility index (Phi) is 7.21. The maximum absolute atomic E-state index is 11.1. The van der Waals surface area contributed by atoms with E-state index in [4.69, 9.17) is 11.6 Å². The van der Waals surface area contributed by atoms with Gasteiger partial charge in [0.25, 0.3) is 0 Å². The molecule has 3 nitrogen and oxygen atoms in total. The Hall–Kier alpha value is -0.230. The molecule has 0 aromatic heterocycles. The monoisotopic (exact) mass is 321 g/mol. The Labute approximate surface area is 125 Å². The molecule has 0 aliphatic heterocycles. The van der Waals surface area contributed by atoms with E-state index in [-0.39, 0.29) is 5.75 Å². The number of benzene rings is 1. The normalized spacial score (nSPS) is 13.4. The quantitative estimate of drug-likeness (QED) is 0.748. The summed E-state index contributed by atoms with van der Waals surface area (Å²) in [5.74, 6) is 1.13. The number of hydrogen-bond donors (Lipinski definition) is 1. The van der Waals surface area contributed by atoms with Crippen LogP contribution in [-0.2, 0) is 9.84 Å². The van der Waals surface area contributed by atoms with Crippen molar-refractivity contribution >= 4 is 33.2 Å². The third kappa shape index (κ3) is 7.20. The van der Waals surface area contributed by atoms with Crippen molar-refractivity contribution in [1.29, 1.82) is 0 Å². The van der Waals surface area contributed by atoms with Gasteiger partial charge in [-0.25, -0.2) is 8.42 Å². The molecule has 1 N–H and O–H groups in total. The topological polar surface area (TPSA) is 46.2 Å². The highest BCUT2D eigenvalue weighted by molar-refractivity contribution is 7.99. The summed E-state index contributed by atoms with van der Waals surface area (Å²) >= 11 is 7.79. The van der Waals surface area contributed by atoms with Crippen LogP contribution < -0.4 is 5.32 Å². The number of thioether (sulfide) groups is 1. The van der Waals surface area contributed by atoms with Crippen LogP contribution in [0.2, 0.25) is 5.02 Å².